The molecule has 32 heavy (non-hydrogen) atoms. The topological polar surface area (TPSA) is 67.7 Å². The Morgan fingerprint density at radius 2 is 1.94 bits per heavy atom. The number of thiophene rings is 1. The van der Waals surface area contributed by atoms with Crippen LogP contribution in [0.4, 0.5) is 4.79 Å². The number of carbonyl (C=O) groups excluding carboxylic acids is 1. The fraction of sp³-hybridized carbons (Fsp3) is 0.708. The lowest BCUT2D eigenvalue weighted by Gasteiger charge is -2.40. The summed E-state index contributed by atoms with van der Waals surface area (Å²) < 4.78 is 7.02. The van der Waals surface area contributed by atoms with E-state index < -0.39 is 0 Å². The van der Waals surface area contributed by atoms with Gasteiger partial charge < -0.3 is 9.64 Å². The van der Waals surface area contributed by atoms with Crippen LogP contribution in [0, 0.1) is 5.92 Å². The van der Waals surface area contributed by atoms with Gasteiger partial charge in [0.1, 0.15) is 4.83 Å². The highest BCUT2D eigenvalue weighted by molar-refractivity contribution is 7.18. The average Bonchev–Trinajstić information content (AvgIpc) is 3.20. The van der Waals surface area contributed by atoms with Crippen molar-refractivity contribution >= 4 is 27.6 Å². The Hall–Kier alpha value is -1.93. The molecule has 0 spiro atoms. The summed E-state index contributed by atoms with van der Waals surface area (Å²) in [6.45, 7) is 6.31. The highest BCUT2D eigenvalue weighted by Gasteiger charge is 2.31. The predicted molar refractivity (Wildman–Crippen MR) is 126 cm³/mol. The molecule has 5 rings (SSSR count). The highest BCUT2D eigenvalue weighted by atomic mass is 32.1. The number of ether oxygens (including phenoxy) is 1. The molecule has 1 unspecified atom stereocenters. The average molecular weight is 459 g/mol. The van der Waals surface area contributed by atoms with E-state index in [0.29, 0.717) is 18.6 Å². The van der Waals surface area contributed by atoms with Crippen molar-refractivity contribution in [1.82, 2.24) is 19.4 Å². The number of hydrogen-bond donors (Lipinski definition) is 0. The van der Waals surface area contributed by atoms with Crippen molar-refractivity contribution in [2.75, 3.05) is 32.8 Å². The third-order valence-electron chi connectivity index (χ3n) is 7.55. The lowest BCUT2D eigenvalue weighted by molar-refractivity contribution is 0.0635. The molecule has 7 nitrogen and oxygen atoms in total. The van der Waals surface area contributed by atoms with Gasteiger partial charge in [-0.3, -0.25) is 14.3 Å². The standard InChI is InChI=1S/C24H34N4O3S/c1-2-31-24(30)27-12-10-26(11-13-27)18-8-9-19-20(14-18)32-22-21(19)23(29)28(16-25-22)15-17-6-4-3-5-7-17/h16-18H,2-15H2,1H3. The second kappa shape index (κ2) is 9.51. The third-order valence-corrected chi connectivity index (χ3v) is 8.71. The van der Waals surface area contributed by atoms with Gasteiger partial charge in [0.25, 0.3) is 5.56 Å². The molecule has 2 aromatic rings. The second-order valence-corrected chi connectivity index (χ2v) is 10.6. The summed E-state index contributed by atoms with van der Waals surface area (Å²) in [6, 6.07) is 0.476. The number of carbonyl (C=O) groups is 1. The van der Waals surface area contributed by atoms with Gasteiger partial charge in [-0.1, -0.05) is 19.3 Å². The van der Waals surface area contributed by atoms with Crippen molar-refractivity contribution in [3.63, 3.8) is 0 Å². The zero-order valence-electron chi connectivity index (χ0n) is 19.1. The van der Waals surface area contributed by atoms with E-state index in [-0.39, 0.29) is 11.7 Å². The first-order valence-corrected chi connectivity index (χ1v) is 13.1. The van der Waals surface area contributed by atoms with Gasteiger partial charge in [-0.05, 0) is 50.5 Å². The summed E-state index contributed by atoms with van der Waals surface area (Å²) in [7, 11) is 0. The summed E-state index contributed by atoms with van der Waals surface area (Å²) in [5.41, 5.74) is 1.42. The Kier molecular flexibility index (Phi) is 6.51. The lowest BCUT2D eigenvalue weighted by Crippen LogP contribution is -2.53. The molecule has 0 radical (unpaired) electrons. The van der Waals surface area contributed by atoms with Gasteiger partial charge in [0.15, 0.2) is 0 Å². The summed E-state index contributed by atoms with van der Waals surface area (Å²) >= 11 is 1.71. The Labute approximate surface area is 193 Å². The predicted octanol–water partition coefficient (Wildman–Crippen LogP) is 3.67. The number of rotatable bonds is 4. The second-order valence-electron chi connectivity index (χ2n) is 9.51. The molecule has 1 saturated heterocycles. The first-order valence-electron chi connectivity index (χ1n) is 12.3. The molecule has 0 N–H and O–H groups in total. The smallest absolute Gasteiger partial charge is 0.409 e. The molecule has 3 heterocycles. The Morgan fingerprint density at radius 1 is 1.16 bits per heavy atom. The van der Waals surface area contributed by atoms with E-state index >= 15 is 0 Å². The number of fused-ring (bicyclic) bond motifs is 3. The number of amides is 1. The van der Waals surface area contributed by atoms with Gasteiger partial charge in [-0.2, -0.15) is 0 Å². The normalized spacial score (nSPS) is 22.8. The monoisotopic (exact) mass is 458 g/mol. The molecule has 8 heteroatoms. The Bertz CT molecular complexity index is 1020. The summed E-state index contributed by atoms with van der Waals surface area (Å²) in [4.78, 5) is 36.6. The van der Waals surface area contributed by atoms with Crippen LogP contribution in [0.15, 0.2) is 11.1 Å². The lowest BCUT2D eigenvalue weighted by atomic mass is 9.89. The maximum absolute atomic E-state index is 13.3. The van der Waals surface area contributed by atoms with Crippen molar-refractivity contribution in [2.24, 2.45) is 5.92 Å². The van der Waals surface area contributed by atoms with Crippen molar-refractivity contribution in [2.45, 2.75) is 70.9 Å². The van der Waals surface area contributed by atoms with Gasteiger partial charge in [-0.15, -0.1) is 11.3 Å². The van der Waals surface area contributed by atoms with Crippen LogP contribution in [0.1, 0.15) is 55.9 Å². The van der Waals surface area contributed by atoms with E-state index in [1.54, 1.807) is 17.7 Å². The van der Waals surface area contributed by atoms with E-state index in [4.69, 9.17) is 9.72 Å². The molecule has 1 saturated carbocycles. The van der Waals surface area contributed by atoms with Crippen LogP contribution in [0.5, 0.6) is 0 Å². The summed E-state index contributed by atoms with van der Waals surface area (Å²) in [5.74, 6) is 0.618. The van der Waals surface area contributed by atoms with Crippen LogP contribution in [0.25, 0.3) is 10.2 Å². The minimum atomic E-state index is -0.196. The van der Waals surface area contributed by atoms with Gasteiger partial charge >= 0.3 is 6.09 Å². The minimum absolute atomic E-state index is 0.166. The molecule has 2 fully saturated rings. The maximum atomic E-state index is 13.3. The maximum Gasteiger partial charge on any atom is 0.409 e. The van der Waals surface area contributed by atoms with Crippen molar-refractivity contribution in [3.8, 4) is 0 Å². The fourth-order valence-corrected chi connectivity index (χ4v) is 7.01. The molecule has 2 aliphatic carbocycles. The molecule has 1 amide bonds. The van der Waals surface area contributed by atoms with Crippen LogP contribution in [-0.2, 0) is 24.1 Å². The highest BCUT2D eigenvalue weighted by Crippen LogP contribution is 2.35. The van der Waals surface area contributed by atoms with E-state index in [2.05, 4.69) is 4.90 Å². The molecule has 0 aromatic carbocycles. The molecule has 1 atom stereocenters. The molecule has 174 valence electrons. The van der Waals surface area contributed by atoms with E-state index in [0.717, 1.165) is 62.2 Å². The van der Waals surface area contributed by atoms with Crippen molar-refractivity contribution < 1.29 is 9.53 Å². The quantitative estimate of drug-likeness (QED) is 0.699. The number of aromatic nitrogens is 2. The molecule has 0 bridgehead atoms. The van der Waals surface area contributed by atoms with Crippen LogP contribution in [-0.4, -0.2) is 64.3 Å². The van der Waals surface area contributed by atoms with Gasteiger partial charge in [-0.25, -0.2) is 9.78 Å². The molecule has 3 aliphatic rings. The summed E-state index contributed by atoms with van der Waals surface area (Å²) in [5, 5.41) is 0.883. The Morgan fingerprint density at radius 3 is 2.69 bits per heavy atom. The minimum Gasteiger partial charge on any atom is -0.450 e. The molecular formula is C24H34N4O3S. The van der Waals surface area contributed by atoms with E-state index in [1.807, 2.05) is 16.4 Å². The fourth-order valence-electron chi connectivity index (χ4n) is 5.76. The number of aryl methyl sites for hydroxylation is 1. The zero-order valence-corrected chi connectivity index (χ0v) is 19.9. The number of piperazine rings is 1. The van der Waals surface area contributed by atoms with E-state index in [1.165, 1.54) is 42.5 Å². The third kappa shape index (κ3) is 4.31. The SMILES string of the molecule is CCOC(=O)N1CCN(C2CCc3c(sc4ncn(CC5CCCCC5)c(=O)c34)C2)CC1. The van der Waals surface area contributed by atoms with Crippen LogP contribution >= 0.6 is 11.3 Å². The van der Waals surface area contributed by atoms with Gasteiger partial charge in [0.05, 0.1) is 18.3 Å². The van der Waals surface area contributed by atoms with Crippen molar-refractivity contribution in [3.05, 3.63) is 27.1 Å². The number of nitrogens with zero attached hydrogens (tertiary/aromatic N) is 4. The first kappa shape index (κ1) is 21.9. The van der Waals surface area contributed by atoms with Gasteiger partial charge in [0, 0.05) is 43.6 Å². The molecule has 2 aromatic heterocycles. The molecule has 1 aliphatic heterocycles. The summed E-state index contributed by atoms with van der Waals surface area (Å²) in [6.07, 6.45) is 11.0. The largest absolute Gasteiger partial charge is 0.450 e. The van der Waals surface area contributed by atoms with E-state index in [9.17, 15) is 9.59 Å². The first-order chi connectivity index (χ1) is 15.6. The van der Waals surface area contributed by atoms with Gasteiger partial charge in [0.2, 0.25) is 0 Å². The van der Waals surface area contributed by atoms with Crippen molar-refractivity contribution in [1.29, 1.82) is 0 Å². The van der Waals surface area contributed by atoms with Crippen LogP contribution in [0.3, 0.4) is 0 Å². The number of hydrogen-bond acceptors (Lipinski definition) is 6. The van der Waals surface area contributed by atoms with Crippen LogP contribution < -0.4 is 5.56 Å². The zero-order chi connectivity index (χ0) is 22.1. The Balaban J connectivity index is 1.28. The molecular weight excluding hydrogens is 424 g/mol. The van der Waals surface area contributed by atoms with Crippen LogP contribution in [0.2, 0.25) is 0 Å².